The Morgan fingerprint density at radius 2 is 1.82 bits per heavy atom. The topological polar surface area (TPSA) is 75.5 Å². The molecular weight excluding hydrogens is 362 g/mol. The maximum atomic E-state index is 13.0. The first-order chi connectivity index (χ1) is 13.4. The van der Waals surface area contributed by atoms with Crippen LogP contribution in [0.15, 0.2) is 34.5 Å². The molecule has 3 aliphatic rings. The van der Waals surface area contributed by atoms with E-state index in [4.69, 9.17) is 13.9 Å². The first-order valence-corrected chi connectivity index (χ1v) is 9.61. The van der Waals surface area contributed by atoms with E-state index in [9.17, 15) is 9.59 Å². The molecule has 2 saturated heterocycles. The second-order valence-corrected chi connectivity index (χ2v) is 8.26. The molecule has 3 aliphatic heterocycles. The molecule has 4 rings (SSSR count). The molecule has 2 amide bonds. The van der Waals surface area contributed by atoms with Gasteiger partial charge in [0.15, 0.2) is 0 Å². The van der Waals surface area contributed by atoms with Crippen LogP contribution in [0.4, 0.5) is 0 Å². The second kappa shape index (κ2) is 7.16. The Morgan fingerprint density at radius 3 is 2.43 bits per heavy atom. The van der Waals surface area contributed by atoms with E-state index >= 15 is 0 Å². The number of allylic oxidation sites excluding steroid dienone is 1. The molecule has 0 aromatic carbocycles. The maximum absolute atomic E-state index is 13.0. The Kier molecular flexibility index (Phi) is 4.82. The van der Waals surface area contributed by atoms with E-state index < -0.39 is 0 Å². The molecule has 2 atom stereocenters. The van der Waals surface area contributed by atoms with E-state index in [-0.39, 0.29) is 23.1 Å². The van der Waals surface area contributed by atoms with Crippen molar-refractivity contribution in [3.05, 3.63) is 35.7 Å². The van der Waals surface area contributed by atoms with Gasteiger partial charge in [0, 0.05) is 44.1 Å². The summed E-state index contributed by atoms with van der Waals surface area (Å²) in [5.74, 6) is 0.962. The van der Waals surface area contributed by atoms with Crippen molar-refractivity contribution in [2.75, 3.05) is 60.0 Å². The molecule has 8 heteroatoms. The lowest BCUT2D eigenvalue weighted by Gasteiger charge is -2.32. The summed E-state index contributed by atoms with van der Waals surface area (Å²) in [7, 11) is 4.06. The zero-order chi connectivity index (χ0) is 19.9. The highest BCUT2D eigenvalue weighted by Gasteiger charge is 2.55. The zero-order valence-electron chi connectivity index (χ0n) is 16.6. The van der Waals surface area contributed by atoms with Gasteiger partial charge in [0.2, 0.25) is 5.76 Å². The fourth-order valence-electron chi connectivity index (χ4n) is 4.77. The van der Waals surface area contributed by atoms with E-state index in [1.165, 1.54) is 12.5 Å². The number of carbonyl (C=O) groups is 2. The van der Waals surface area contributed by atoms with E-state index in [0.717, 1.165) is 6.54 Å². The van der Waals surface area contributed by atoms with Crippen LogP contribution in [-0.4, -0.2) is 86.5 Å². The molecule has 0 N–H and O–H groups in total. The summed E-state index contributed by atoms with van der Waals surface area (Å²) in [6.07, 6.45) is 3.00. The largest absolute Gasteiger partial charge is 0.491 e. The minimum Gasteiger partial charge on any atom is -0.491 e. The third-order valence-corrected chi connectivity index (χ3v) is 5.90. The number of hydrogen-bond donors (Lipinski definition) is 0. The molecule has 0 unspecified atom stereocenters. The Balaban J connectivity index is 1.53. The quantitative estimate of drug-likeness (QED) is 0.765. The van der Waals surface area contributed by atoms with Gasteiger partial charge in [-0.15, -0.1) is 0 Å². The van der Waals surface area contributed by atoms with E-state index in [1.54, 1.807) is 13.0 Å². The van der Waals surface area contributed by atoms with Crippen LogP contribution in [0.2, 0.25) is 0 Å². The molecule has 1 aromatic rings. The molecule has 0 aliphatic carbocycles. The molecule has 28 heavy (non-hydrogen) atoms. The van der Waals surface area contributed by atoms with Crippen molar-refractivity contribution in [2.24, 2.45) is 11.3 Å². The van der Waals surface area contributed by atoms with Crippen LogP contribution in [0.25, 0.3) is 0 Å². The second-order valence-electron chi connectivity index (χ2n) is 8.26. The molecule has 0 saturated carbocycles. The van der Waals surface area contributed by atoms with Gasteiger partial charge in [-0.1, -0.05) is 0 Å². The highest BCUT2D eigenvalue weighted by molar-refractivity contribution is 5.94. The van der Waals surface area contributed by atoms with Crippen molar-refractivity contribution in [1.29, 1.82) is 0 Å². The number of carbonyl (C=O) groups excluding carboxylic acids is 2. The molecule has 152 valence electrons. The van der Waals surface area contributed by atoms with E-state index in [2.05, 4.69) is 4.90 Å². The summed E-state index contributed by atoms with van der Waals surface area (Å²) < 4.78 is 16.1. The van der Waals surface area contributed by atoms with Crippen LogP contribution >= 0.6 is 0 Å². The van der Waals surface area contributed by atoms with Crippen LogP contribution in [0, 0.1) is 11.3 Å². The first kappa shape index (κ1) is 18.9. The SMILES string of the molecule is CC1=C(C(=O)N2C[C@H]3CN(C(=O)c4ccoc4)C[C@@]3(CN(C)C)C2)OCCO1. The lowest BCUT2D eigenvalue weighted by molar-refractivity contribution is -0.132. The smallest absolute Gasteiger partial charge is 0.292 e. The number of nitrogens with zero attached hydrogens (tertiary/aromatic N) is 3. The fraction of sp³-hybridized carbons (Fsp3) is 0.600. The number of furan rings is 1. The molecule has 0 bridgehead atoms. The van der Waals surface area contributed by atoms with Crippen LogP contribution in [-0.2, 0) is 14.3 Å². The summed E-state index contributed by atoms with van der Waals surface area (Å²) in [6, 6.07) is 1.69. The van der Waals surface area contributed by atoms with Crippen molar-refractivity contribution in [2.45, 2.75) is 6.92 Å². The average Bonchev–Trinajstić information content (AvgIpc) is 3.34. The van der Waals surface area contributed by atoms with Crippen molar-refractivity contribution < 1.29 is 23.5 Å². The zero-order valence-corrected chi connectivity index (χ0v) is 16.6. The number of rotatable bonds is 4. The number of ether oxygens (including phenoxy) is 2. The van der Waals surface area contributed by atoms with Gasteiger partial charge in [0.05, 0.1) is 11.8 Å². The summed E-state index contributed by atoms with van der Waals surface area (Å²) in [6.45, 7) is 5.92. The van der Waals surface area contributed by atoms with Gasteiger partial charge in [0.1, 0.15) is 25.2 Å². The lowest BCUT2D eigenvalue weighted by Crippen LogP contribution is -2.44. The first-order valence-electron chi connectivity index (χ1n) is 9.61. The highest BCUT2D eigenvalue weighted by Crippen LogP contribution is 2.44. The molecule has 0 radical (unpaired) electrons. The summed E-state index contributed by atoms with van der Waals surface area (Å²) in [4.78, 5) is 31.7. The van der Waals surface area contributed by atoms with Gasteiger partial charge in [-0.2, -0.15) is 0 Å². The molecule has 8 nitrogen and oxygen atoms in total. The predicted molar refractivity (Wildman–Crippen MR) is 100 cm³/mol. The Morgan fingerprint density at radius 1 is 1.14 bits per heavy atom. The third kappa shape index (κ3) is 3.26. The fourth-order valence-corrected chi connectivity index (χ4v) is 4.77. The minimum atomic E-state index is -0.150. The van der Waals surface area contributed by atoms with Gasteiger partial charge in [0.25, 0.3) is 11.8 Å². The normalized spacial score (nSPS) is 27.1. The van der Waals surface area contributed by atoms with Gasteiger partial charge in [-0.25, -0.2) is 0 Å². The Hall–Kier alpha value is -2.48. The molecule has 1 aromatic heterocycles. The van der Waals surface area contributed by atoms with Gasteiger partial charge in [-0.3, -0.25) is 9.59 Å². The van der Waals surface area contributed by atoms with Gasteiger partial charge in [-0.05, 0) is 27.1 Å². The predicted octanol–water partition coefficient (Wildman–Crippen LogP) is 1.02. The third-order valence-electron chi connectivity index (χ3n) is 5.90. The Labute approximate surface area is 164 Å². The monoisotopic (exact) mass is 389 g/mol. The van der Waals surface area contributed by atoms with Gasteiger partial charge >= 0.3 is 0 Å². The highest BCUT2D eigenvalue weighted by atomic mass is 16.6. The summed E-state index contributed by atoms with van der Waals surface area (Å²) >= 11 is 0. The van der Waals surface area contributed by atoms with Crippen molar-refractivity contribution in [1.82, 2.24) is 14.7 Å². The summed E-state index contributed by atoms with van der Waals surface area (Å²) in [5, 5.41) is 0. The van der Waals surface area contributed by atoms with Crippen molar-refractivity contribution >= 4 is 11.8 Å². The Bertz CT molecular complexity index is 788. The van der Waals surface area contributed by atoms with Crippen molar-refractivity contribution in [3.63, 3.8) is 0 Å². The number of amides is 2. The molecule has 0 spiro atoms. The van der Waals surface area contributed by atoms with E-state index in [0.29, 0.717) is 56.5 Å². The maximum Gasteiger partial charge on any atom is 0.292 e. The number of likely N-dealkylation sites (tertiary alicyclic amines) is 2. The van der Waals surface area contributed by atoms with E-state index in [1.807, 2.05) is 23.9 Å². The number of fused-ring (bicyclic) bond motifs is 1. The standard InChI is InChI=1S/C20H27N3O5/c1-14-17(28-7-6-27-14)19(25)23-9-16-8-22(18(24)15-4-5-26-10-15)12-20(16,13-23)11-21(2)3/h4-5,10,16H,6-9,11-13H2,1-3H3/t16-,20+/m1/s1. The lowest BCUT2D eigenvalue weighted by atomic mass is 9.80. The molecule has 2 fully saturated rings. The minimum absolute atomic E-state index is 0.0123. The molecular formula is C20H27N3O5. The number of hydrogen-bond acceptors (Lipinski definition) is 6. The summed E-state index contributed by atoms with van der Waals surface area (Å²) in [5.41, 5.74) is 0.421. The van der Waals surface area contributed by atoms with Crippen LogP contribution in [0.3, 0.4) is 0 Å². The average molecular weight is 389 g/mol. The van der Waals surface area contributed by atoms with Crippen LogP contribution in [0.1, 0.15) is 17.3 Å². The molecule has 4 heterocycles. The van der Waals surface area contributed by atoms with Crippen LogP contribution < -0.4 is 0 Å². The van der Waals surface area contributed by atoms with Crippen LogP contribution in [0.5, 0.6) is 0 Å². The van der Waals surface area contributed by atoms with Gasteiger partial charge < -0.3 is 28.6 Å². The van der Waals surface area contributed by atoms with Crippen molar-refractivity contribution in [3.8, 4) is 0 Å².